The average molecular weight is 271 g/mol. The van der Waals surface area contributed by atoms with E-state index in [-0.39, 0.29) is 0 Å². The molecular weight excluding hydrogens is 258 g/mol. The zero-order chi connectivity index (χ0) is 13.2. The average Bonchev–Trinajstić information content (AvgIpc) is 2.85. The number of fused-ring (bicyclic) bond motifs is 1. The van der Waals surface area contributed by atoms with Crippen molar-refractivity contribution in [3.8, 4) is 0 Å². The summed E-state index contributed by atoms with van der Waals surface area (Å²) in [6, 6.07) is 10.2. The number of hydrazine groups is 1. The van der Waals surface area contributed by atoms with Gasteiger partial charge < -0.3 is 5.32 Å². The van der Waals surface area contributed by atoms with Gasteiger partial charge in [-0.3, -0.25) is 5.43 Å². The molecule has 0 aliphatic rings. The van der Waals surface area contributed by atoms with Gasteiger partial charge in [0.05, 0.1) is 0 Å². The normalized spacial score (nSPS) is 10.6. The van der Waals surface area contributed by atoms with Crippen molar-refractivity contribution in [3.63, 3.8) is 0 Å². The fraction of sp³-hybridized carbons (Fsp3) is 0.0769. The van der Waals surface area contributed by atoms with Crippen LogP contribution in [0.5, 0.6) is 0 Å². The monoisotopic (exact) mass is 271 g/mol. The second-order valence-corrected chi connectivity index (χ2v) is 5.11. The Hall–Kier alpha value is -2.18. The third-order valence-electron chi connectivity index (χ3n) is 2.71. The molecule has 0 saturated heterocycles. The van der Waals surface area contributed by atoms with E-state index >= 15 is 0 Å². The van der Waals surface area contributed by atoms with Crippen LogP contribution in [0.15, 0.2) is 35.7 Å². The van der Waals surface area contributed by atoms with Crippen LogP contribution in [0.1, 0.15) is 5.69 Å². The van der Waals surface area contributed by atoms with Gasteiger partial charge in [0.25, 0.3) is 0 Å². The number of nitrogens with one attached hydrogen (secondary N) is 2. The Morgan fingerprint density at radius 1 is 1.16 bits per heavy atom. The molecule has 1 aromatic carbocycles. The molecule has 0 amide bonds. The molecule has 0 fully saturated rings. The molecule has 0 saturated carbocycles. The van der Waals surface area contributed by atoms with E-state index in [1.165, 1.54) is 10.1 Å². The minimum Gasteiger partial charge on any atom is -0.340 e. The van der Waals surface area contributed by atoms with Crippen LogP contribution in [0, 0.1) is 6.92 Å². The maximum absolute atomic E-state index is 5.34. The topological polar surface area (TPSA) is 75.9 Å². The van der Waals surface area contributed by atoms with Crippen molar-refractivity contribution in [2.24, 2.45) is 5.84 Å². The first kappa shape index (κ1) is 11.9. The van der Waals surface area contributed by atoms with Crippen molar-refractivity contribution < 1.29 is 0 Å². The summed E-state index contributed by atoms with van der Waals surface area (Å²) in [6.45, 7) is 1.90. The third-order valence-corrected chi connectivity index (χ3v) is 3.61. The Labute approximate surface area is 114 Å². The van der Waals surface area contributed by atoms with Gasteiger partial charge in [-0.1, -0.05) is 0 Å². The van der Waals surface area contributed by atoms with E-state index in [1.54, 1.807) is 11.3 Å². The Bertz CT molecular complexity index is 722. The lowest BCUT2D eigenvalue weighted by molar-refractivity contribution is 1.07. The maximum atomic E-state index is 5.34. The zero-order valence-corrected chi connectivity index (χ0v) is 11.2. The number of rotatable bonds is 3. The smallest absolute Gasteiger partial charge is 0.239 e. The highest BCUT2D eigenvalue weighted by atomic mass is 32.1. The summed E-state index contributed by atoms with van der Waals surface area (Å²) in [5, 5.41) is 6.56. The lowest BCUT2D eigenvalue weighted by Crippen LogP contribution is -2.11. The van der Waals surface area contributed by atoms with Crippen molar-refractivity contribution in [1.29, 1.82) is 0 Å². The van der Waals surface area contributed by atoms with Crippen LogP contribution in [0.4, 0.5) is 17.5 Å². The molecule has 0 atom stereocenters. The van der Waals surface area contributed by atoms with Crippen molar-refractivity contribution >= 4 is 38.9 Å². The number of aromatic nitrogens is 2. The van der Waals surface area contributed by atoms with Gasteiger partial charge in [0.1, 0.15) is 5.82 Å². The van der Waals surface area contributed by atoms with E-state index in [0.29, 0.717) is 5.95 Å². The zero-order valence-electron chi connectivity index (χ0n) is 10.3. The number of benzene rings is 1. The standard InChI is InChI=1S/C13H13N5S/c1-8-6-12(17-13(15-8)18-14)16-10-2-3-11-9(7-10)4-5-19-11/h2-7H,14H2,1H3,(H2,15,16,17,18). The van der Waals surface area contributed by atoms with Crippen molar-refractivity contribution in [1.82, 2.24) is 9.97 Å². The second-order valence-electron chi connectivity index (χ2n) is 4.16. The summed E-state index contributed by atoms with van der Waals surface area (Å²) in [6.07, 6.45) is 0. The van der Waals surface area contributed by atoms with Crippen LogP contribution < -0.4 is 16.6 Å². The van der Waals surface area contributed by atoms with Gasteiger partial charge >= 0.3 is 0 Å². The van der Waals surface area contributed by atoms with Gasteiger partial charge in [-0.25, -0.2) is 10.8 Å². The molecule has 3 rings (SSSR count). The fourth-order valence-electron chi connectivity index (χ4n) is 1.89. The summed E-state index contributed by atoms with van der Waals surface area (Å²) >= 11 is 1.73. The number of aryl methyl sites for hydroxylation is 1. The summed E-state index contributed by atoms with van der Waals surface area (Å²) in [5.41, 5.74) is 4.30. The molecule has 2 heterocycles. The van der Waals surface area contributed by atoms with E-state index in [2.05, 4.69) is 44.3 Å². The highest BCUT2D eigenvalue weighted by molar-refractivity contribution is 7.17. The molecule has 4 N–H and O–H groups in total. The lowest BCUT2D eigenvalue weighted by atomic mass is 10.2. The fourth-order valence-corrected chi connectivity index (χ4v) is 2.66. The van der Waals surface area contributed by atoms with Gasteiger partial charge in [-0.15, -0.1) is 11.3 Å². The molecule has 0 aliphatic heterocycles. The van der Waals surface area contributed by atoms with E-state index in [4.69, 9.17) is 5.84 Å². The quantitative estimate of drug-likeness (QED) is 0.504. The number of nitrogen functional groups attached to an aromatic ring is 1. The minimum absolute atomic E-state index is 0.402. The van der Waals surface area contributed by atoms with Crippen LogP contribution in [-0.2, 0) is 0 Å². The van der Waals surface area contributed by atoms with Crippen molar-refractivity contribution in [3.05, 3.63) is 41.4 Å². The number of thiophene rings is 1. The van der Waals surface area contributed by atoms with E-state index in [1.807, 2.05) is 19.1 Å². The Kier molecular flexibility index (Phi) is 3.02. The van der Waals surface area contributed by atoms with Gasteiger partial charge in [0.2, 0.25) is 5.95 Å². The molecular formula is C13H13N5S. The van der Waals surface area contributed by atoms with Crippen LogP contribution >= 0.6 is 11.3 Å². The molecule has 96 valence electrons. The van der Waals surface area contributed by atoms with Gasteiger partial charge in [-0.2, -0.15) is 4.98 Å². The number of nitrogens with zero attached hydrogens (tertiary/aromatic N) is 2. The van der Waals surface area contributed by atoms with E-state index < -0.39 is 0 Å². The first-order valence-electron chi connectivity index (χ1n) is 5.81. The first-order valence-corrected chi connectivity index (χ1v) is 6.69. The summed E-state index contributed by atoms with van der Waals surface area (Å²) in [4.78, 5) is 8.41. The molecule has 0 bridgehead atoms. The van der Waals surface area contributed by atoms with Crippen LogP contribution in [-0.4, -0.2) is 9.97 Å². The van der Waals surface area contributed by atoms with Crippen LogP contribution in [0.2, 0.25) is 0 Å². The first-order chi connectivity index (χ1) is 9.24. The van der Waals surface area contributed by atoms with Crippen LogP contribution in [0.25, 0.3) is 10.1 Å². The Balaban J connectivity index is 1.93. The largest absolute Gasteiger partial charge is 0.340 e. The molecule has 0 aliphatic carbocycles. The van der Waals surface area contributed by atoms with Crippen molar-refractivity contribution in [2.75, 3.05) is 10.7 Å². The number of nitrogens with two attached hydrogens (primary N) is 1. The van der Waals surface area contributed by atoms with Gasteiger partial charge in [0, 0.05) is 22.1 Å². The summed E-state index contributed by atoms with van der Waals surface area (Å²) in [5.74, 6) is 6.46. The van der Waals surface area contributed by atoms with Crippen molar-refractivity contribution in [2.45, 2.75) is 6.92 Å². The number of hydrogen-bond acceptors (Lipinski definition) is 6. The second kappa shape index (κ2) is 4.83. The predicted octanol–water partition coefficient (Wildman–Crippen LogP) is 3.03. The summed E-state index contributed by atoms with van der Waals surface area (Å²) in [7, 11) is 0. The molecule has 2 aromatic heterocycles. The lowest BCUT2D eigenvalue weighted by Gasteiger charge is -2.08. The van der Waals surface area contributed by atoms with E-state index in [9.17, 15) is 0 Å². The summed E-state index contributed by atoms with van der Waals surface area (Å²) < 4.78 is 1.27. The minimum atomic E-state index is 0.402. The molecule has 19 heavy (non-hydrogen) atoms. The molecule has 5 nitrogen and oxygen atoms in total. The maximum Gasteiger partial charge on any atom is 0.239 e. The third kappa shape index (κ3) is 2.49. The molecule has 0 radical (unpaired) electrons. The molecule has 3 aromatic rings. The number of hydrogen-bond donors (Lipinski definition) is 3. The van der Waals surface area contributed by atoms with Gasteiger partial charge in [0.15, 0.2) is 0 Å². The molecule has 0 spiro atoms. The highest BCUT2D eigenvalue weighted by Crippen LogP contribution is 2.25. The molecule has 6 heteroatoms. The number of anilines is 3. The van der Waals surface area contributed by atoms with Gasteiger partial charge in [-0.05, 0) is 42.0 Å². The molecule has 0 unspecified atom stereocenters. The Morgan fingerprint density at radius 2 is 2.05 bits per heavy atom. The Morgan fingerprint density at radius 3 is 2.89 bits per heavy atom. The van der Waals surface area contributed by atoms with E-state index in [0.717, 1.165) is 17.2 Å². The SMILES string of the molecule is Cc1cc(Nc2ccc3sccc3c2)nc(NN)n1. The highest BCUT2D eigenvalue weighted by Gasteiger charge is 2.02. The predicted molar refractivity (Wildman–Crippen MR) is 79.7 cm³/mol. The van der Waals surface area contributed by atoms with Crippen LogP contribution in [0.3, 0.4) is 0 Å².